The van der Waals surface area contributed by atoms with Crippen molar-refractivity contribution < 1.29 is 14.4 Å². The lowest BCUT2D eigenvalue weighted by Gasteiger charge is -2.27. The van der Waals surface area contributed by atoms with Crippen LogP contribution in [-0.4, -0.2) is 36.6 Å². The van der Waals surface area contributed by atoms with Gasteiger partial charge in [0.05, 0.1) is 31.8 Å². The SMILES string of the molecule is COc1cc2c(cc1OC)C[NH+](Cn1c(SC)nc3ccccc31)CC2. The van der Waals surface area contributed by atoms with Crippen LogP contribution in [0.25, 0.3) is 11.0 Å². The average Bonchev–Trinajstić information content (AvgIpc) is 3.04. The maximum absolute atomic E-state index is 5.48. The third-order valence-corrected chi connectivity index (χ3v) is 5.75. The molecule has 2 heterocycles. The maximum Gasteiger partial charge on any atom is 0.173 e. The summed E-state index contributed by atoms with van der Waals surface area (Å²) in [7, 11) is 3.39. The zero-order chi connectivity index (χ0) is 18.1. The summed E-state index contributed by atoms with van der Waals surface area (Å²) in [4.78, 5) is 6.30. The summed E-state index contributed by atoms with van der Waals surface area (Å²) in [6.07, 6.45) is 3.14. The van der Waals surface area contributed by atoms with Crippen LogP contribution in [0.15, 0.2) is 41.6 Å². The lowest BCUT2D eigenvalue weighted by molar-refractivity contribution is -0.938. The highest BCUT2D eigenvalue weighted by atomic mass is 32.2. The molecule has 5 nitrogen and oxygen atoms in total. The van der Waals surface area contributed by atoms with Crippen LogP contribution in [0.5, 0.6) is 11.5 Å². The van der Waals surface area contributed by atoms with Crippen LogP contribution in [0.4, 0.5) is 0 Å². The second-order valence-electron chi connectivity index (χ2n) is 6.58. The maximum atomic E-state index is 5.48. The van der Waals surface area contributed by atoms with Gasteiger partial charge in [-0.05, 0) is 36.1 Å². The quantitative estimate of drug-likeness (QED) is 0.700. The number of fused-ring (bicyclic) bond motifs is 2. The Morgan fingerprint density at radius 2 is 1.85 bits per heavy atom. The van der Waals surface area contributed by atoms with Gasteiger partial charge in [-0.2, -0.15) is 0 Å². The van der Waals surface area contributed by atoms with Crippen molar-refractivity contribution in [3.8, 4) is 11.5 Å². The monoisotopic (exact) mass is 370 g/mol. The number of benzene rings is 2. The molecule has 0 saturated heterocycles. The third kappa shape index (κ3) is 3.04. The Labute approximate surface area is 157 Å². The molecule has 0 saturated carbocycles. The number of para-hydroxylation sites is 2. The van der Waals surface area contributed by atoms with Gasteiger partial charge in [0.2, 0.25) is 0 Å². The number of hydrogen-bond donors (Lipinski definition) is 1. The molecule has 1 aromatic heterocycles. The molecule has 1 aliphatic heterocycles. The van der Waals surface area contributed by atoms with Crippen LogP contribution in [0.3, 0.4) is 0 Å². The van der Waals surface area contributed by atoms with Gasteiger partial charge in [0.1, 0.15) is 6.54 Å². The molecule has 4 rings (SSSR count). The molecule has 0 spiro atoms. The molecule has 0 amide bonds. The van der Waals surface area contributed by atoms with Gasteiger partial charge in [0.25, 0.3) is 0 Å². The average molecular weight is 370 g/mol. The van der Waals surface area contributed by atoms with Crippen LogP contribution in [0.2, 0.25) is 0 Å². The number of hydrogen-bond acceptors (Lipinski definition) is 4. The Kier molecular flexibility index (Phi) is 4.78. The van der Waals surface area contributed by atoms with Crippen molar-refractivity contribution in [1.82, 2.24) is 9.55 Å². The van der Waals surface area contributed by atoms with Gasteiger partial charge in [-0.15, -0.1) is 0 Å². The standard InChI is InChI=1S/C20H23N3O2S/c1-24-18-10-14-8-9-22(12-15(14)11-19(18)25-2)13-23-17-7-5-4-6-16(17)21-20(23)26-3/h4-7,10-11H,8-9,12-13H2,1-3H3/p+1. The molecule has 26 heavy (non-hydrogen) atoms. The Hall–Kier alpha value is -2.18. The van der Waals surface area contributed by atoms with E-state index in [9.17, 15) is 0 Å². The minimum Gasteiger partial charge on any atom is -0.493 e. The molecule has 136 valence electrons. The lowest BCUT2D eigenvalue weighted by atomic mass is 9.99. The number of aromatic nitrogens is 2. The first kappa shape index (κ1) is 17.2. The predicted octanol–water partition coefficient (Wildman–Crippen LogP) is 2.37. The van der Waals surface area contributed by atoms with Crippen molar-refractivity contribution in [2.24, 2.45) is 0 Å². The minimum absolute atomic E-state index is 0.811. The highest BCUT2D eigenvalue weighted by Gasteiger charge is 2.23. The van der Waals surface area contributed by atoms with E-state index in [1.165, 1.54) is 21.5 Å². The molecule has 2 aromatic carbocycles. The Bertz CT molecular complexity index is 938. The Morgan fingerprint density at radius 1 is 1.12 bits per heavy atom. The number of nitrogens with one attached hydrogen (secondary N) is 1. The van der Waals surface area contributed by atoms with E-state index < -0.39 is 0 Å². The first-order valence-electron chi connectivity index (χ1n) is 8.80. The van der Waals surface area contributed by atoms with Gasteiger partial charge in [-0.25, -0.2) is 4.98 Å². The molecule has 1 unspecified atom stereocenters. The first-order chi connectivity index (χ1) is 12.7. The van der Waals surface area contributed by atoms with Crippen molar-refractivity contribution in [1.29, 1.82) is 0 Å². The summed E-state index contributed by atoms with van der Waals surface area (Å²) in [6, 6.07) is 12.6. The molecular weight excluding hydrogens is 346 g/mol. The van der Waals surface area contributed by atoms with Gasteiger partial charge >= 0.3 is 0 Å². The summed E-state index contributed by atoms with van der Waals surface area (Å²) in [6.45, 7) is 3.00. The van der Waals surface area contributed by atoms with E-state index in [0.717, 1.165) is 48.4 Å². The fraction of sp³-hybridized carbons (Fsp3) is 0.350. The Morgan fingerprint density at radius 3 is 2.58 bits per heavy atom. The molecule has 3 aromatic rings. The van der Waals surface area contributed by atoms with Gasteiger partial charge in [0.15, 0.2) is 23.3 Å². The van der Waals surface area contributed by atoms with Crippen molar-refractivity contribution in [3.63, 3.8) is 0 Å². The summed E-state index contributed by atoms with van der Waals surface area (Å²) in [5.74, 6) is 1.63. The molecule has 1 aliphatic rings. The van der Waals surface area contributed by atoms with Crippen LogP contribution in [-0.2, 0) is 19.6 Å². The molecule has 0 fully saturated rings. The van der Waals surface area contributed by atoms with Gasteiger partial charge < -0.3 is 14.4 Å². The van der Waals surface area contributed by atoms with Crippen molar-refractivity contribution in [3.05, 3.63) is 47.5 Å². The molecular formula is C20H24N3O2S+. The number of quaternary nitrogens is 1. The van der Waals surface area contributed by atoms with E-state index in [1.54, 1.807) is 26.0 Å². The Balaban J connectivity index is 1.62. The van der Waals surface area contributed by atoms with Crippen LogP contribution < -0.4 is 14.4 Å². The van der Waals surface area contributed by atoms with Crippen molar-refractivity contribution >= 4 is 22.8 Å². The first-order valence-corrected chi connectivity index (χ1v) is 10.0. The second-order valence-corrected chi connectivity index (χ2v) is 7.35. The topological polar surface area (TPSA) is 40.7 Å². The second kappa shape index (κ2) is 7.21. The fourth-order valence-corrected chi connectivity index (χ4v) is 4.32. The number of imidazole rings is 1. The molecule has 6 heteroatoms. The number of methoxy groups -OCH3 is 2. The highest BCUT2D eigenvalue weighted by Crippen LogP contribution is 2.31. The van der Waals surface area contributed by atoms with E-state index in [2.05, 4.69) is 41.2 Å². The largest absolute Gasteiger partial charge is 0.493 e. The number of thioether (sulfide) groups is 1. The smallest absolute Gasteiger partial charge is 0.173 e. The van der Waals surface area contributed by atoms with E-state index in [1.807, 2.05) is 6.07 Å². The van der Waals surface area contributed by atoms with Crippen LogP contribution >= 0.6 is 11.8 Å². The summed E-state index contributed by atoms with van der Waals surface area (Å²) >= 11 is 1.71. The predicted molar refractivity (Wildman–Crippen MR) is 104 cm³/mol. The summed E-state index contributed by atoms with van der Waals surface area (Å²) < 4.78 is 13.3. The van der Waals surface area contributed by atoms with Gasteiger partial charge in [-0.1, -0.05) is 23.9 Å². The van der Waals surface area contributed by atoms with Gasteiger partial charge in [-0.3, -0.25) is 4.57 Å². The lowest BCUT2D eigenvalue weighted by Crippen LogP contribution is -3.11. The molecule has 1 N–H and O–H groups in total. The molecule has 1 atom stereocenters. The minimum atomic E-state index is 0.811. The van der Waals surface area contributed by atoms with Crippen molar-refractivity contribution in [2.75, 3.05) is 27.0 Å². The molecule has 0 bridgehead atoms. The van der Waals surface area contributed by atoms with E-state index in [4.69, 9.17) is 14.5 Å². The van der Waals surface area contributed by atoms with E-state index in [-0.39, 0.29) is 0 Å². The summed E-state index contributed by atoms with van der Waals surface area (Å²) in [5, 5.41) is 1.08. The highest BCUT2D eigenvalue weighted by molar-refractivity contribution is 7.98. The van der Waals surface area contributed by atoms with Crippen LogP contribution in [0, 0.1) is 0 Å². The number of ether oxygens (including phenoxy) is 2. The normalized spacial score (nSPS) is 16.5. The fourth-order valence-electron chi connectivity index (χ4n) is 3.75. The van der Waals surface area contributed by atoms with Crippen molar-refractivity contribution in [2.45, 2.75) is 24.8 Å². The third-order valence-electron chi connectivity index (χ3n) is 5.08. The van der Waals surface area contributed by atoms with E-state index >= 15 is 0 Å². The van der Waals surface area contributed by atoms with E-state index in [0.29, 0.717) is 0 Å². The zero-order valence-corrected chi connectivity index (χ0v) is 16.2. The molecule has 0 aliphatic carbocycles. The zero-order valence-electron chi connectivity index (χ0n) is 15.4. The molecule has 0 radical (unpaired) electrons. The number of rotatable bonds is 5. The van der Waals surface area contributed by atoms with Gasteiger partial charge in [0, 0.05) is 12.0 Å². The summed E-state index contributed by atoms with van der Waals surface area (Å²) in [5.41, 5.74) is 4.99. The van der Waals surface area contributed by atoms with Crippen LogP contribution in [0.1, 0.15) is 11.1 Å². The number of nitrogens with zero attached hydrogens (tertiary/aromatic N) is 2.